The van der Waals surface area contributed by atoms with Crippen LogP contribution < -0.4 is 5.32 Å². The zero-order valence-corrected chi connectivity index (χ0v) is 11.8. The monoisotopic (exact) mass is 289 g/mol. The van der Waals surface area contributed by atoms with Gasteiger partial charge in [-0.25, -0.2) is 4.98 Å². The minimum Gasteiger partial charge on any atom is -0.333 e. The van der Waals surface area contributed by atoms with E-state index in [0.29, 0.717) is 24.6 Å². The maximum atomic E-state index is 12.4. The molecule has 104 valence electrons. The number of anilines is 1. The summed E-state index contributed by atoms with van der Waals surface area (Å²) in [6.45, 7) is 1.28. The predicted molar refractivity (Wildman–Crippen MR) is 77.4 cm³/mol. The number of carbonyl (C=O) groups is 2. The highest BCUT2D eigenvalue weighted by atomic mass is 32.1. The average Bonchev–Trinajstić information content (AvgIpc) is 2.89. The summed E-state index contributed by atoms with van der Waals surface area (Å²) >= 11 is 1.45. The van der Waals surface area contributed by atoms with Crippen LogP contribution in [0.5, 0.6) is 0 Å². The van der Waals surface area contributed by atoms with Crippen LogP contribution in [0.25, 0.3) is 0 Å². The highest BCUT2D eigenvalue weighted by Gasteiger charge is 2.25. The minimum atomic E-state index is 0.123. The van der Waals surface area contributed by atoms with E-state index in [4.69, 9.17) is 0 Å². The van der Waals surface area contributed by atoms with Gasteiger partial charge in [-0.2, -0.15) is 0 Å². The van der Waals surface area contributed by atoms with Crippen LogP contribution in [0.2, 0.25) is 0 Å². The normalized spacial score (nSPS) is 17.4. The lowest BCUT2D eigenvalue weighted by Crippen LogP contribution is -2.36. The van der Waals surface area contributed by atoms with Gasteiger partial charge in [0.05, 0.1) is 12.2 Å². The Morgan fingerprint density at radius 2 is 2.35 bits per heavy atom. The number of carbonyl (C=O) groups excluding carboxylic acids is 2. The van der Waals surface area contributed by atoms with Crippen LogP contribution >= 0.6 is 11.3 Å². The highest BCUT2D eigenvalue weighted by molar-refractivity contribution is 7.15. The molecule has 6 heteroatoms. The Kier molecular flexibility index (Phi) is 3.64. The average molecular weight is 289 g/mol. The number of hydrogen-bond donors (Lipinski definition) is 1. The Bertz CT molecular complexity index is 604. The van der Waals surface area contributed by atoms with Gasteiger partial charge in [-0.15, -0.1) is 0 Å². The van der Waals surface area contributed by atoms with Crippen LogP contribution in [-0.2, 0) is 22.6 Å². The van der Waals surface area contributed by atoms with E-state index >= 15 is 0 Å². The smallest absolute Gasteiger partial charge is 0.250 e. The second-order valence-corrected chi connectivity index (χ2v) is 5.87. The molecule has 1 aliphatic carbocycles. The molecule has 20 heavy (non-hydrogen) atoms. The maximum absolute atomic E-state index is 12.4. The van der Waals surface area contributed by atoms with E-state index in [0.717, 1.165) is 35.4 Å². The summed E-state index contributed by atoms with van der Waals surface area (Å²) in [4.78, 5) is 30.2. The zero-order chi connectivity index (χ0) is 13.9. The largest absolute Gasteiger partial charge is 0.333 e. The fourth-order valence-corrected chi connectivity index (χ4v) is 3.45. The molecule has 1 N–H and O–H groups in total. The molecule has 2 aliphatic rings. The fraction of sp³-hybridized carbons (Fsp3) is 0.357. The van der Waals surface area contributed by atoms with Crippen LogP contribution in [0.15, 0.2) is 23.8 Å². The third-order valence-corrected chi connectivity index (χ3v) is 4.50. The van der Waals surface area contributed by atoms with E-state index in [1.807, 2.05) is 17.1 Å². The Morgan fingerprint density at radius 3 is 3.10 bits per heavy atom. The number of fused-ring (bicyclic) bond motifs is 1. The summed E-state index contributed by atoms with van der Waals surface area (Å²) in [6.07, 6.45) is 9.07. The number of thiazole rings is 1. The first kappa shape index (κ1) is 13.1. The first-order chi connectivity index (χ1) is 9.78. The van der Waals surface area contributed by atoms with E-state index in [9.17, 15) is 9.59 Å². The second-order valence-electron chi connectivity index (χ2n) is 4.79. The molecule has 1 aromatic rings. The first-order valence-corrected chi connectivity index (χ1v) is 7.43. The molecule has 1 aromatic heterocycles. The number of nitrogens with one attached hydrogen (secondary N) is 1. The van der Waals surface area contributed by atoms with Crippen molar-refractivity contribution in [3.8, 4) is 0 Å². The molecule has 0 aromatic carbocycles. The maximum Gasteiger partial charge on any atom is 0.250 e. The van der Waals surface area contributed by atoms with Crippen molar-refractivity contribution in [3.63, 3.8) is 0 Å². The molecule has 0 saturated carbocycles. The van der Waals surface area contributed by atoms with Crippen molar-refractivity contribution >= 4 is 28.8 Å². The molecular formula is C14H15N3O2S. The molecule has 0 unspecified atom stereocenters. The lowest BCUT2D eigenvalue weighted by atomic mass is 10.0. The molecule has 2 heterocycles. The van der Waals surface area contributed by atoms with Gasteiger partial charge in [-0.05, 0) is 12.8 Å². The van der Waals surface area contributed by atoms with Crippen LogP contribution in [0.1, 0.15) is 23.4 Å². The SMILES string of the molecule is O=CNc1nc2c(s1)CN(C(=O)C1=CC=CCC1)CC2. The van der Waals surface area contributed by atoms with Crippen molar-refractivity contribution in [1.29, 1.82) is 0 Å². The summed E-state index contributed by atoms with van der Waals surface area (Å²) in [5, 5.41) is 3.19. The third-order valence-electron chi connectivity index (χ3n) is 3.49. The van der Waals surface area contributed by atoms with Gasteiger partial charge in [0.2, 0.25) is 12.3 Å². The van der Waals surface area contributed by atoms with Gasteiger partial charge in [0.25, 0.3) is 0 Å². The summed E-state index contributed by atoms with van der Waals surface area (Å²) in [6, 6.07) is 0. The lowest BCUT2D eigenvalue weighted by molar-refractivity contribution is -0.128. The van der Waals surface area contributed by atoms with Crippen LogP contribution in [0, 0.1) is 0 Å². The molecule has 0 atom stereocenters. The fourth-order valence-electron chi connectivity index (χ4n) is 2.46. The van der Waals surface area contributed by atoms with Gasteiger partial charge in [0, 0.05) is 23.4 Å². The summed E-state index contributed by atoms with van der Waals surface area (Å²) in [5.41, 5.74) is 1.88. The van der Waals surface area contributed by atoms with Crippen LogP contribution in [0.3, 0.4) is 0 Å². The van der Waals surface area contributed by atoms with Crippen molar-refractivity contribution in [2.75, 3.05) is 11.9 Å². The van der Waals surface area contributed by atoms with Crippen molar-refractivity contribution in [1.82, 2.24) is 9.88 Å². The Balaban J connectivity index is 1.74. The van der Waals surface area contributed by atoms with Crippen molar-refractivity contribution < 1.29 is 9.59 Å². The molecule has 3 rings (SSSR count). The molecule has 2 amide bonds. The molecule has 0 radical (unpaired) electrons. The Labute approximate surface area is 121 Å². The number of nitrogens with zero attached hydrogens (tertiary/aromatic N) is 2. The van der Waals surface area contributed by atoms with Crippen LogP contribution in [0.4, 0.5) is 5.13 Å². The highest BCUT2D eigenvalue weighted by Crippen LogP contribution is 2.29. The lowest BCUT2D eigenvalue weighted by Gasteiger charge is -2.27. The van der Waals surface area contributed by atoms with Gasteiger partial charge < -0.3 is 10.2 Å². The third kappa shape index (κ3) is 2.51. The van der Waals surface area contributed by atoms with Gasteiger partial charge in [-0.3, -0.25) is 9.59 Å². The van der Waals surface area contributed by atoms with E-state index in [1.165, 1.54) is 11.3 Å². The van der Waals surface area contributed by atoms with E-state index in [-0.39, 0.29) is 5.91 Å². The van der Waals surface area contributed by atoms with E-state index < -0.39 is 0 Å². The van der Waals surface area contributed by atoms with Gasteiger partial charge in [0.15, 0.2) is 5.13 Å². The molecule has 0 fully saturated rings. The van der Waals surface area contributed by atoms with E-state index in [1.54, 1.807) is 0 Å². The van der Waals surface area contributed by atoms with Crippen LogP contribution in [-0.4, -0.2) is 28.7 Å². The number of aromatic nitrogens is 1. The Morgan fingerprint density at radius 1 is 1.45 bits per heavy atom. The number of rotatable bonds is 3. The topological polar surface area (TPSA) is 62.3 Å². The van der Waals surface area contributed by atoms with Crippen molar-refractivity contribution in [3.05, 3.63) is 34.4 Å². The zero-order valence-electron chi connectivity index (χ0n) is 11.0. The second kappa shape index (κ2) is 5.58. The van der Waals surface area contributed by atoms with Gasteiger partial charge >= 0.3 is 0 Å². The minimum absolute atomic E-state index is 0.123. The van der Waals surface area contributed by atoms with E-state index in [2.05, 4.69) is 16.4 Å². The Hall–Kier alpha value is -1.95. The number of allylic oxidation sites excluding steroid dienone is 3. The van der Waals surface area contributed by atoms with Crippen molar-refractivity contribution in [2.45, 2.75) is 25.8 Å². The van der Waals surface area contributed by atoms with Gasteiger partial charge in [-0.1, -0.05) is 29.6 Å². The summed E-state index contributed by atoms with van der Waals surface area (Å²) in [7, 11) is 0. The number of amides is 2. The molecule has 0 saturated heterocycles. The first-order valence-electron chi connectivity index (χ1n) is 6.61. The van der Waals surface area contributed by atoms with Crippen molar-refractivity contribution in [2.24, 2.45) is 0 Å². The van der Waals surface area contributed by atoms with Gasteiger partial charge in [0.1, 0.15) is 0 Å². The summed E-state index contributed by atoms with van der Waals surface area (Å²) in [5.74, 6) is 0.123. The molecular weight excluding hydrogens is 274 g/mol. The molecule has 5 nitrogen and oxygen atoms in total. The predicted octanol–water partition coefficient (Wildman–Crippen LogP) is 1.87. The quantitative estimate of drug-likeness (QED) is 0.864. The molecule has 1 aliphatic heterocycles. The molecule has 0 bridgehead atoms. The standard InChI is InChI=1S/C14H15N3O2S/c18-9-15-14-16-11-6-7-17(8-12(11)20-14)13(19)10-4-2-1-3-5-10/h1-2,4,9H,3,5-8H2,(H,15,16,18). The molecule has 0 spiro atoms. The summed E-state index contributed by atoms with van der Waals surface area (Å²) < 4.78 is 0. The number of hydrogen-bond acceptors (Lipinski definition) is 4.